The summed E-state index contributed by atoms with van der Waals surface area (Å²) in [5, 5.41) is 24.6. The molecule has 3 rings (SSSR count). The minimum absolute atomic E-state index is 0.0736. The molecule has 0 aliphatic heterocycles. The van der Waals surface area contributed by atoms with Gasteiger partial charge in [0.05, 0.1) is 15.5 Å². The van der Waals surface area contributed by atoms with E-state index >= 15 is 0 Å². The van der Waals surface area contributed by atoms with Crippen LogP contribution in [0.25, 0.3) is 11.1 Å². The van der Waals surface area contributed by atoms with Crippen LogP contribution in [0.15, 0.2) is 72.8 Å². The Kier molecular flexibility index (Phi) is 4.89. The number of rotatable bonds is 5. The maximum atomic E-state index is 12.5. The first kappa shape index (κ1) is 17.7. The van der Waals surface area contributed by atoms with E-state index in [1.54, 1.807) is 30.3 Å². The zero-order valence-corrected chi connectivity index (χ0v) is 13.9. The molecule has 0 atom stereocenters. The molecule has 0 fully saturated rings. The van der Waals surface area contributed by atoms with Crippen LogP contribution in [0.1, 0.15) is 10.4 Å². The molecule has 0 saturated carbocycles. The van der Waals surface area contributed by atoms with Crippen molar-refractivity contribution in [1.29, 1.82) is 0 Å². The van der Waals surface area contributed by atoms with E-state index in [-0.39, 0.29) is 17.1 Å². The summed E-state index contributed by atoms with van der Waals surface area (Å²) in [7, 11) is 0. The van der Waals surface area contributed by atoms with E-state index in [1.807, 2.05) is 0 Å². The third-order valence-electron chi connectivity index (χ3n) is 3.89. The Balaban J connectivity index is 2.02. The molecule has 0 aliphatic rings. The summed E-state index contributed by atoms with van der Waals surface area (Å²) in [5.41, 5.74) is 1.49. The molecule has 3 aromatic carbocycles. The predicted molar refractivity (Wildman–Crippen MR) is 99.6 cm³/mol. The Bertz CT molecular complexity index is 1020. The highest BCUT2D eigenvalue weighted by Gasteiger charge is 2.16. The van der Waals surface area contributed by atoms with Crippen molar-refractivity contribution >= 4 is 23.0 Å². The summed E-state index contributed by atoms with van der Waals surface area (Å²) in [6, 6.07) is 18.2. The van der Waals surface area contributed by atoms with Crippen molar-refractivity contribution in [1.82, 2.24) is 0 Å². The average Bonchev–Trinajstić information content (AvgIpc) is 2.68. The molecular weight excluding hydrogens is 350 g/mol. The lowest BCUT2D eigenvalue weighted by molar-refractivity contribution is -0.385. The number of anilines is 1. The van der Waals surface area contributed by atoms with Gasteiger partial charge in [-0.1, -0.05) is 18.2 Å². The van der Waals surface area contributed by atoms with Gasteiger partial charge in [-0.3, -0.25) is 25.0 Å². The van der Waals surface area contributed by atoms with Crippen LogP contribution in [0, 0.1) is 20.2 Å². The van der Waals surface area contributed by atoms with Gasteiger partial charge in [-0.25, -0.2) is 0 Å². The van der Waals surface area contributed by atoms with E-state index < -0.39 is 15.8 Å². The lowest BCUT2D eigenvalue weighted by atomic mass is 10.0. The molecule has 0 unspecified atom stereocenters. The van der Waals surface area contributed by atoms with Crippen molar-refractivity contribution in [3.05, 3.63) is 98.6 Å². The second kappa shape index (κ2) is 7.44. The van der Waals surface area contributed by atoms with Crippen molar-refractivity contribution in [2.24, 2.45) is 0 Å². The fraction of sp³-hybridized carbons (Fsp3) is 0. The number of amides is 1. The molecule has 3 aromatic rings. The second-order valence-electron chi connectivity index (χ2n) is 5.61. The second-order valence-corrected chi connectivity index (χ2v) is 5.61. The molecule has 0 heterocycles. The van der Waals surface area contributed by atoms with Crippen molar-refractivity contribution < 1.29 is 14.6 Å². The van der Waals surface area contributed by atoms with Crippen LogP contribution in [-0.2, 0) is 0 Å². The number of carbonyl (C=O) groups excluding carboxylic acids is 1. The number of nitro groups is 2. The van der Waals surface area contributed by atoms with Gasteiger partial charge in [-0.2, -0.15) is 0 Å². The van der Waals surface area contributed by atoms with Crippen LogP contribution < -0.4 is 5.32 Å². The molecule has 0 spiro atoms. The third-order valence-corrected chi connectivity index (χ3v) is 3.89. The van der Waals surface area contributed by atoms with E-state index in [9.17, 15) is 25.0 Å². The summed E-state index contributed by atoms with van der Waals surface area (Å²) < 4.78 is 0. The van der Waals surface area contributed by atoms with Crippen molar-refractivity contribution in [3.63, 3.8) is 0 Å². The molecule has 27 heavy (non-hydrogen) atoms. The van der Waals surface area contributed by atoms with Gasteiger partial charge in [0.2, 0.25) is 0 Å². The number of nitrogens with zero attached hydrogens (tertiary/aromatic N) is 2. The number of hydrogen-bond acceptors (Lipinski definition) is 5. The standard InChI is InChI=1S/C19H13N3O5/c23-19(14-4-2-1-3-5-14)20-18-12-16(22(26)27)10-11-17(18)13-6-8-15(9-7-13)21(24)25/h1-12H,(H,20,23). The van der Waals surface area contributed by atoms with Crippen molar-refractivity contribution in [3.8, 4) is 11.1 Å². The van der Waals surface area contributed by atoms with E-state index in [0.717, 1.165) is 0 Å². The van der Waals surface area contributed by atoms with E-state index in [1.165, 1.54) is 42.5 Å². The molecule has 0 aromatic heterocycles. The van der Waals surface area contributed by atoms with Gasteiger partial charge in [-0.15, -0.1) is 0 Å². The molecule has 134 valence electrons. The number of benzene rings is 3. The topological polar surface area (TPSA) is 115 Å². The predicted octanol–water partition coefficient (Wildman–Crippen LogP) is 4.42. The number of carbonyl (C=O) groups is 1. The fourth-order valence-electron chi connectivity index (χ4n) is 2.55. The van der Waals surface area contributed by atoms with Crippen LogP contribution in [-0.4, -0.2) is 15.8 Å². The molecule has 0 bridgehead atoms. The first-order valence-electron chi connectivity index (χ1n) is 7.85. The zero-order valence-electron chi connectivity index (χ0n) is 13.9. The van der Waals surface area contributed by atoms with Gasteiger partial charge < -0.3 is 5.32 Å². The molecule has 0 saturated heterocycles. The highest BCUT2D eigenvalue weighted by molar-refractivity contribution is 6.06. The molecule has 0 aliphatic carbocycles. The Morgan fingerprint density at radius 2 is 1.37 bits per heavy atom. The van der Waals surface area contributed by atoms with Crippen molar-refractivity contribution in [2.45, 2.75) is 0 Å². The maximum absolute atomic E-state index is 12.5. The van der Waals surface area contributed by atoms with E-state index in [4.69, 9.17) is 0 Å². The zero-order chi connectivity index (χ0) is 19.4. The third kappa shape index (κ3) is 3.96. The molecular formula is C19H13N3O5. The summed E-state index contributed by atoms with van der Waals surface area (Å²) in [6.45, 7) is 0. The van der Waals surface area contributed by atoms with Gasteiger partial charge in [0, 0.05) is 35.4 Å². The highest BCUT2D eigenvalue weighted by Crippen LogP contribution is 2.32. The largest absolute Gasteiger partial charge is 0.321 e. The smallest absolute Gasteiger partial charge is 0.271 e. The molecule has 1 N–H and O–H groups in total. The van der Waals surface area contributed by atoms with Gasteiger partial charge in [0.15, 0.2) is 0 Å². The van der Waals surface area contributed by atoms with Crippen LogP contribution in [0.5, 0.6) is 0 Å². The molecule has 1 amide bonds. The van der Waals surface area contributed by atoms with Gasteiger partial charge >= 0.3 is 0 Å². The van der Waals surface area contributed by atoms with Gasteiger partial charge in [0.1, 0.15) is 0 Å². The quantitative estimate of drug-likeness (QED) is 0.532. The monoisotopic (exact) mass is 363 g/mol. The Morgan fingerprint density at radius 3 is 1.96 bits per heavy atom. The minimum atomic E-state index is -0.558. The summed E-state index contributed by atoms with van der Waals surface area (Å²) in [5.74, 6) is -0.417. The summed E-state index contributed by atoms with van der Waals surface area (Å²) in [4.78, 5) is 33.3. The number of hydrogen-bond donors (Lipinski definition) is 1. The molecule has 8 nitrogen and oxygen atoms in total. The molecule has 8 heteroatoms. The lowest BCUT2D eigenvalue weighted by Gasteiger charge is -2.11. The maximum Gasteiger partial charge on any atom is 0.271 e. The first-order chi connectivity index (χ1) is 13.0. The Hall–Kier alpha value is -4.07. The Labute approximate surface area is 153 Å². The van der Waals surface area contributed by atoms with E-state index in [0.29, 0.717) is 16.7 Å². The average molecular weight is 363 g/mol. The fourth-order valence-corrected chi connectivity index (χ4v) is 2.55. The first-order valence-corrected chi connectivity index (χ1v) is 7.85. The van der Waals surface area contributed by atoms with Crippen LogP contribution >= 0.6 is 0 Å². The summed E-state index contributed by atoms with van der Waals surface area (Å²) >= 11 is 0. The summed E-state index contributed by atoms with van der Waals surface area (Å²) in [6.07, 6.45) is 0. The lowest BCUT2D eigenvalue weighted by Crippen LogP contribution is -2.12. The van der Waals surface area contributed by atoms with Crippen LogP contribution in [0.3, 0.4) is 0 Å². The van der Waals surface area contributed by atoms with Crippen LogP contribution in [0.2, 0.25) is 0 Å². The number of non-ortho nitro benzene ring substituents is 2. The Morgan fingerprint density at radius 1 is 0.778 bits per heavy atom. The minimum Gasteiger partial charge on any atom is -0.321 e. The number of nitro benzene ring substituents is 2. The van der Waals surface area contributed by atoms with Gasteiger partial charge in [-0.05, 0) is 35.9 Å². The van der Waals surface area contributed by atoms with E-state index in [2.05, 4.69) is 5.32 Å². The normalized spacial score (nSPS) is 10.2. The molecule has 0 radical (unpaired) electrons. The van der Waals surface area contributed by atoms with Gasteiger partial charge in [0.25, 0.3) is 17.3 Å². The SMILES string of the molecule is O=C(Nc1cc([N+](=O)[O-])ccc1-c1ccc([N+](=O)[O-])cc1)c1ccccc1. The highest BCUT2D eigenvalue weighted by atomic mass is 16.6. The van der Waals surface area contributed by atoms with Crippen molar-refractivity contribution in [2.75, 3.05) is 5.32 Å². The number of nitrogens with one attached hydrogen (secondary N) is 1. The van der Waals surface area contributed by atoms with Crippen LogP contribution in [0.4, 0.5) is 17.1 Å².